The highest BCUT2D eigenvalue weighted by Crippen LogP contribution is 2.26. The summed E-state index contributed by atoms with van der Waals surface area (Å²) in [4.78, 5) is 4.14. The highest BCUT2D eigenvalue weighted by atomic mass is 32.2. The van der Waals surface area contributed by atoms with Crippen molar-refractivity contribution >= 4 is 20.9 Å². The van der Waals surface area contributed by atoms with Gasteiger partial charge in [0.15, 0.2) is 5.75 Å². The van der Waals surface area contributed by atoms with E-state index in [-0.39, 0.29) is 10.6 Å². The zero-order valence-corrected chi connectivity index (χ0v) is 12.2. The molecular formula is C16H13NO3S. The molecule has 0 atom stereocenters. The van der Waals surface area contributed by atoms with Crippen LogP contribution in [0.25, 0.3) is 10.8 Å². The maximum Gasteiger partial charge on any atom is 0.339 e. The molecule has 106 valence electrons. The number of nitrogens with zero attached hydrogens (tertiary/aromatic N) is 1. The molecule has 0 aliphatic carbocycles. The number of benzene rings is 2. The first-order valence-electron chi connectivity index (χ1n) is 6.40. The predicted octanol–water partition coefficient (Wildman–Crippen LogP) is 3.31. The van der Waals surface area contributed by atoms with Crippen molar-refractivity contribution in [2.24, 2.45) is 0 Å². The van der Waals surface area contributed by atoms with Crippen LogP contribution in [0.4, 0.5) is 0 Å². The van der Waals surface area contributed by atoms with Gasteiger partial charge < -0.3 is 4.18 Å². The van der Waals surface area contributed by atoms with Gasteiger partial charge in [0.25, 0.3) is 0 Å². The Morgan fingerprint density at radius 3 is 2.43 bits per heavy atom. The second-order valence-electron chi connectivity index (χ2n) is 4.71. The van der Waals surface area contributed by atoms with Crippen LogP contribution in [0.5, 0.6) is 5.75 Å². The Balaban J connectivity index is 2.03. The lowest BCUT2D eigenvalue weighted by atomic mass is 10.2. The fourth-order valence-corrected chi connectivity index (χ4v) is 2.96. The summed E-state index contributed by atoms with van der Waals surface area (Å²) in [5.41, 5.74) is 0.987. The summed E-state index contributed by atoms with van der Waals surface area (Å²) >= 11 is 0. The van der Waals surface area contributed by atoms with Gasteiger partial charge in [-0.25, -0.2) is 0 Å². The van der Waals surface area contributed by atoms with Crippen molar-refractivity contribution < 1.29 is 12.6 Å². The Kier molecular flexibility index (Phi) is 3.35. The molecule has 4 nitrogen and oxygen atoms in total. The molecule has 3 rings (SSSR count). The highest BCUT2D eigenvalue weighted by Gasteiger charge is 2.17. The van der Waals surface area contributed by atoms with Gasteiger partial charge in [0.2, 0.25) is 0 Å². The first-order chi connectivity index (χ1) is 10.1. The van der Waals surface area contributed by atoms with Gasteiger partial charge in [0.05, 0.1) is 6.20 Å². The van der Waals surface area contributed by atoms with E-state index in [1.165, 1.54) is 18.3 Å². The molecule has 0 saturated heterocycles. The Morgan fingerprint density at radius 1 is 0.952 bits per heavy atom. The van der Waals surface area contributed by atoms with E-state index in [1.54, 1.807) is 24.4 Å². The lowest BCUT2D eigenvalue weighted by Crippen LogP contribution is -2.10. The maximum atomic E-state index is 12.3. The molecule has 0 spiro atoms. The zero-order chi connectivity index (χ0) is 14.9. The number of aromatic nitrogens is 1. The van der Waals surface area contributed by atoms with Crippen LogP contribution in [0.3, 0.4) is 0 Å². The molecule has 0 aliphatic heterocycles. The molecule has 0 saturated carbocycles. The molecule has 0 amide bonds. The van der Waals surface area contributed by atoms with Crippen molar-refractivity contribution in [3.05, 3.63) is 66.5 Å². The summed E-state index contributed by atoms with van der Waals surface area (Å²) in [5, 5.41) is 1.54. The Bertz CT molecular complexity index is 882. The molecule has 0 radical (unpaired) electrons. The molecule has 0 aliphatic rings. The molecule has 0 bridgehead atoms. The number of aryl methyl sites for hydroxylation is 1. The molecule has 21 heavy (non-hydrogen) atoms. The second-order valence-corrected chi connectivity index (χ2v) is 6.26. The topological polar surface area (TPSA) is 56.3 Å². The number of hydrogen-bond donors (Lipinski definition) is 0. The lowest BCUT2D eigenvalue weighted by molar-refractivity contribution is 0.487. The van der Waals surface area contributed by atoms with Crippen molar-refractivity contribution in [2.45, 2.75) is 11.8 Å². The van der Waals surface area contributed by atoms with Gasteiger partial charge in [-0.15, -0.1) is 0 Å². The monoisotopic (exact) mass is 299 g/mol. The number of fused-ring (bicyclic) bond motifs is 1. The summed E-state index contributed by atoms with van der Waals surface area (Å²) < 4.78 is 29.9. The Morgan fingerprint density at radius 2 is 1.67 bits per heavy atom. The maximum absolute atomic E-state index is 12.3. The van der Waals surface area contributed by atoms with Gasteiger partial charge in [0, 0.05) is 17.0 Å². The average Bonchev–Trinajstić information content (AvgIpc) is 2.48. The fourth-order valence-electron chi connectivity index (χ4n) is 2.03. The number of rotatable bonds is 3. The van der Waals surface area contributed by atoms with Crippen LogP contribution < -0.4 is 4.18 Å². The third-order valence-corrected chi connectivity index (χ3v) is 4.39. The first kappa shape index (κ1) is 13.6. The van der Waals surface area contributed by atoms with E-state index in [9.17, 15) is 8.42 Å². The first-order valence-corrected chi connectivity index (χ1v) is 7.81. The molecular weight excluding hydrogens is 286 g/mol. The van der Waals surface area contributed by atoms with Crippen molar-refractivity contribution in [1.29, 1.82) is 0 Å². The molecule has 2 aromatic carbocycles. The van der Waals surface area contributed by atoms with Gasteiger partial charge >= 0.3 is 10.1 Å². The Labute approximate surface area is 123 Å². The highest BCUT2D eigenvalue weighted by molar-refractivity contribution is 7.87. The summed E-state index contributed by atoms with van der Waals surface area (Å²) in [6, 6.07) is 13.9. The van der Waals surface area contributed by atoms with E-state index in [4.69, 9.17) is 4.18 Å². The minimum absolute atomic E-state index is 0.126. The van der Waals surface area contributed by atoms with Gasteiger partial charge in [-0.1, -0.05) is 42.0 Å². The average molecular weight is 299 g/mol. The lowest BCUT2D eigenvalue weighted by Gasteiger charge is -2.09. The quantitative estimate of drug-likeness (QED) is 0.696. The van der Waals surface area contributed by atoms with E-state index in [0.717, 1.165) is 10.9 Å². The van der Waals surface area contributed by atoms with Crippen molar-refractivity contribution in [3.8, 4) is 5.75 Å². The number of hydrogen-bond acceptors (Lipinski definition) is 4. The molecule has 3 aromatic rings. The SMILES string of the molecule is Cc1ccc(S(=O)(=O)Oc2cncc3ccccc23)cc1. The van der Waals surface area contributed by atoms with Gasteiger partial charge in [-0.3, -0.25) is 4.98 Å². The second kappa shape index (κ2) is 5.18. The summed E-state index contributed by atoms with van der Waals surface area (Å²) in [5.74, 6) is 0.230. The standard InChI is InChI=1S/C16H13NO3S/c1-12-6-8-14(9-7-12)21(18,19)20-16-11-17-10-13-4-2-3-5-15(13)16/h2-11H,1H3. The van der Waals surface area contributed by atoms with Crippen molar-refractivity contribution in [1.82, 2.24) is 4.98 Å². The van der Waals surface area contributed by atoms with Gasteiger partial charge in [-0.2, -0.15) is 8.42 Å². The minimum atomic E-state index is -3.86. The Hall–Kier alpha value is -2.40. The molecule has 1 heterocycles. The molecule has 0 fully saturated rings. The summed E-state index contributed by atoms with van der Waals surface area (Å²) in [6.45, 7) is 1.89. The van der Waals surface area contributed by atoms with Crippen LogP contribution in [-0.2, 0) is 10.1 Å². The smallest absolute Gasteiger partial charge is 0.339 e. The predicted molar refractivity (Wildman–Crippen MR) is 80.7 cm³/mol. The van der Waals surface area contributed by atoms with Crippen LogP contribution in [0, 0.1) is 6.92 Å². The largest absolute Gasteiger partial charge is 0.377 e. The normalized spacial score (nSPS) is 11.5. The van der Waals surface area contributed by atoms with E-state index < -0.39 is 10.1 Å². The third kappa shape index (κ3) is 2.73. The third-order valence-electron chi connectivity index (χ3n) is 3.14. The molecule has 0 unspecified atom stereocenters. The summed E-state index contributed by atoms with van der Waals surface area (Å²) in [7, 11) is -3.86. The minimum Gasteiger partial charge on any atom is -0.377 e. The van der Waals surface area contributed by atoms with Gasteiger partial charge in [-0.05, 0) is 19.1 Å². The fraction of sp³-hybridized carbons (Fsp3) is 0.0625. The zero-order valence-electron chi connectivity index (χ0n) is 11.4. The molecule has 0 N–H and O–H groups in total. The van der Waals surface area contributed by atoms with E-state index in [2.05, 4.69) is 4.98 Å². The van der Waals surface area contributed by atoms with Crippen LogP contribution in [0.15, 0.2) is 65.8 Å². The van der Waals surface area contributed by atoms with Crippen molar-refractivity contribution in [3.63, 3.8) is 0 Å². The van der Waals surface area contributed by atoms with Crippen LogP contribution in [-0.4, -0.2) is 13.4 Å². The van der Waals surface area contributed by atoms with E-state index >= 15 is 0 Å². The van der Waals surface area contributed by atoms with Crippen molar-refractivity contribution in [2.75, 3.05) is 0 Å². The summed E-state index contributed by atoms with van der Waals surface area (Å²) in [6.07, 6.45) is 3.08. The van der Waals surface area contributed by atoms with Crippen LogP contribution in [0.1, 0.15) is 5.56 Å². The van der Waals surface area contributed by atoms with E-state index in [0.29, 0.717) is 5.39 Å². The number of pyridine rings is 1. The van der Waals surface area contributed by atoms with Gasteiger partial charge in [0.1, 0.15) is 4.90 Å². The van der Waals surface area contributed by atoms with E-state index in [1.807, 2.05) is 25.1 Å². The molecule has 1 aromatic heterocycles. The van der Waals surface area contributed by atoms with Crippen LogP contribution in [0.2, 0.25) is 0 Å². The van der Waals surface area contributed by atoms with Crippen LogP contribution >= 0.6 is 0 Å². The molecule has 5 heteroatoms.